The first-order valence-corrected chi connectivity index (χ1v) is 7.20. The zero-order valence-corrected chi connectivity index (χ0v) is 11.7. The monoisotopic (exact) mass is 240 g/mol. The average molecular weight is 240 g/mol. The van der Waals surface area contributed by atoms with Gasteiger partial charge in [0.1, 0.15) is 0 Å². The van der Waals surface area contributed by atoms with Crippen LogP contribution in [0.2, 0.25) is 0 Å². The van der Waals surface area contributed by atoms with Crippen molar-refractivity contribution in [2.45, 2.75) is 51.1 Å². The van der Waals surface area contributed by atoms with Gasteiger partial charge in [-0.2, -0.15) is 0 Å². The van der Waals surface area contributed by atoms with Gasteiger partial charge in [0.15, 0.2) is 0 Å². The Morgan fingerprint density at radius 2 is 2.00 bits per heavy atom. The molecule has 0 spiro atoms. The highest BCUT2D eigenvalue weighted by molar-refractivity contribution is 4.98. The third-order valence-corrected chi connectivity index (χ3v) is 4.81. The van der Waals surface area contributed by atoms with E-state index in [2.05, 4.69) is 31.1 Å². The van der Waals surface area contributed by atoms with E-state index >= 15 is 0 Å². The molecular formula is C14H28N2O. The van der Waals surface area contributed by atoms with E-state index < -0.39 is 0 Å². The number of hydrogen-bond acceptors (Lipinski definition) is 3. The predicted molar refractivity (Wildman–Crippen MR) is 71.3 cm³/mol. The molecular weight excluding hydrogens is 212 g/mol. The van der Waals surface area contributed by atoms with Crippen LogP contribution in [0.4, 0.5) is 0 Å². The number of nitrogens with zero attached hydrogens (tertiary/aromatic N) is 1. The summed E-state index contributed by atoms with van der Waals surface area (Å²) in [5, 5.41) is 3.58. The summed E-state index contributed by atoms with van der Waals surface area (Å²) < 4.78 is 5.48. The fourth-order valence-electron chi connectivity index (χ4n) is 3.13. The zero-order chi connectivity index (χ0) is 12.3. The smallest absolute Gasteiger partial charge is 0.0594 e. The quantitative estimate of drug-likeness (QED) is 0.767. The van der Waals surface area contributed by atoms with Crippen molar-refractivity contribution < 1.29 is 4.74 Å². The van der Waals surface area contributed by atoms with Gasteiger partial charge in [-0.15, -0.1) is 0 Å². The fourth-order valence-corrected chi connectivity index (χ4v) is 3.13. The topological polar surface area (TPSA) is 24.5 Å². The van der Waals surface area contributed by atoms with Crippen molar-refractivity contribution >= 4 is 0 Å². The Labute approximate surface area is 106 Å². The molecule has 0 amide bonds. The molecule has 2 atom stereocenters. The van der Waals surface area contributed by atoms with E-state index in [9.17, 15) is 0 Å². The lowest BCUT2D eigenvalue weighted by Crippen LogP contribution is -2.61. The summed E-state index contributed by atoms with van der Waals surface area (Å²) in [7, 11) is 2.13. The molecule has 0 bridgehead atoms. The van der Waals surface area contributed by atoms with Gasteiger partial charge in [-0.3, -0.25) is 4.90 Å². The molecule has 2 unspecified atom stereocenters. The molecule has 1 heterocycles. The van der Waals surface area contributed by atoms with Crippen LogP contribution in [0.15, 0.2) is 0 Å². The zero-order valence-electron chi connectivity index (χ0n) is 11.7. The molecule has 1 aliphatic carbocycles. The average Bonchev–Trinajstić information content (AvgIpc) is 3.20. The number of morpholine rings is 1. The van der Waals surface area contributed by atoms with Crippen molar-refractivity contribution in [3.05, 3.63) is 0 Å². The molecule has 0 radical (unpaired) electrons. The van der Waals surface area contributed by atoms with E-state index in [4.69, 9.17) is 4.74 Å². The molecule has 1 saturated carbocycles. The molecule has 0 aromatic heterocycles. The Morgan fingerprint density at radius 3 is 2.47 bits per heavy atom. The molecule has 1 saturated heterocycles. The van der Waals surface area contributed by atoms with E-state index in [1.54, 1.807) is 0 Å². The lowest BCUT2D eigenvalue weighted by atomic mass is 9.84. The summed E-state index contributed by atoms with van der Waals surface area (Å²) in [6, 6.07) is 0.623. The van der Waals surface area contributed by atoms with Gasteiger partial charge in [0.2, 0.25) is 0 Å². The van der Waals surface area contributed by atoms with Crippen molar-refractivity contribution in [1.29, 1.82) is 0 Å². The summed E-state index contributed by atoms with van der Waals surface area (Å²) >= 11 is 0. The highest BCUT2D eigenvalue weighted by Crippen LogP contribution is 2.38. The van der Waals surface area contributed by atoms with Crippen LogP contribution in [0.5, 0.6) is 0 Å². The molecule has 0 aromatic rings. The van der Waals surface area contributed by atoms with Crippen LogP contribution in [0, 0.1) is 5.92 Å². The molecule has 0 aromatic carbocycles. The maximum Gasteiger partial charge on any atom is 0.0594 e. The van der Waals surface area contributed by atoms with Crippen LogP contribution in [0.25, 0.3) is 0 Å². The summed E-state index contributed by atoms with van der Waals surface area (Å²) in [6.45, 7) is 8.74. The second-order valence-corrected chi connectivity index (χ2v) is 5.83. The maximum absolute atomic E-state index is 5.48. The highest BCUT2D eigenvalue weighted by atomic mass is 16.5. The SMILES string of the molecule is CCC(C)(C(CC1CC1)NC)N1CCOCC1. The van der Waals surface area contributed by atoms with Gasteiger partial charge >= 0.3 is 0 Å². The van der Waals surface area contributed by atoms with Gasteiger partial charge in [-0.1, -0.05) is 19.8 Å². The minimum absolute atomic E-state index is 0.293. The van der Waals surface area contributed by atoms with Gasteiger partial charge in [0.05, 0.1) is 13.2 Å². The van der Waals surface area contributed by atoms with Crippen LogP contribution >= 0.6 is 0 Å². The van der Waals surface area contributed by atoms with E-state index in [0.29, 0.717) is 11.6 Å². The molecule has 17 heavy (non-hydrogen) atoms. The largest absolute Gasteiger partial charge is 0.379 e. The van der Waals surface area contributed by atoms with Gasteiger partial charge in [-0.25, -0.2) is 0 Å². The number of hydrogen-bond donors (Lipinski definition) is 1. The summed E-state index contributed by atoms with van der Waals surface area (Å²) in [4.78, 5) is 2.64. The number of ether oxygens (including phenoxy) is 1. The van der Waals surface area contributed by atoms with Crippen LogP contribution in [-0.4, -0.2) is 49.8 Å². The van der Waals surface area contributed by atoms with Crippen molar-refractivity contribution in [1.82, 2.24) is 10.2 Å². The summed E-state index contributed by atoms with van der Waals surface area (Å²) in [6.07, 6.45) is 5.45. The van der Waals surface area contributed by atoms with Crippen molar-refractivity contribution in [3.63, 3.8) is 0 Å². The molecule has 2 rings (SSSR count). The number of nitrogens with one attached hydrogen (secondary N) is 1. The molecule has 1 N–H and O–H groups in total. The summed E-state index contributed by atoms with van der Waals surface area (Å²) in [5.74, 6) is 0.986. The molecule has 2 aliphatic rings. The van der Waals surface area contributed by atoms with Gasteiger partial charge < -0.3 is 10.1 Å². The minimum Gasteiger partial charge on any atom is -0.379 e. The third kappa shape index (κ3) is 3.01. The van der Waals surface area contributed by atoms with E-state index in [-0.39, 0.29) is 0 Å². The standard InChI is InChI=1S/C14H28N2O/c1-4-14(2,16-7-9-17-10-8-16)13(15-3)11-12-5-6-12/h12-13,15H,4-11H2,1-3H3. The van der Waals surface area contributed by atoms with Crippen molar-refractivity contribution in [2.24, 2.45) is 5.92 Å². The molecule has 1 aliphatic heterocycles. The molecule has 3 heteroatoms. The third-order valence-electron chi connectivity index (χ3n) is 4.81. The Kier molecular flexibility index (Phi) is 4.45. The van der Waals surface area contributed by atoms with Crippen molar-refractivity contribution in [2.75, 3.05) is 33.4 Å². The minimum atomic E-state index is 0.293. The Bertz CT molecular complexity index is 236. The second-order valence-electron chi connectivity index (χ2n) is 5.83. The van der Waals surface area contributed by atoms with E-state index in [1.807, 2.05) is 0 Å². The number of likely N-dealkylation sites (N-methyl/N-ethyl adjacent to an activating group) is 1. The first-order valence-electron chi connectivity index (χ1n) is 7.20. The van der Waals surface area contributed by atoms with E-state index in [0.717, 1.165) is 32.2 Å². The second kappa shape index (κ2) is 5.68. The van der Waals surface area contributed by atoms with Gasteiger partial charge in [-0.05, 0) is 32.7 Å². The van der Waals surface area contributed by atoms with Gasteiger partial charge in [0.25, 0.3) is 0 Å². The lowest BCUT2D eigenvalue weighted by molar-refractivity contribution is -0.0331. The first-order chi connectivity index (χ1) is 8.20. The Morgan fingerprint density at radius 1 is 1.35 bits per heavy atom. The predicted octanol–water partition coefficient (Wildman–Crippen LogP) is 1.88. The highest BCUT2D eigenvalue weighted by Gasteiger charge is 2.40. The van der Waals surface area contributed by atoms with Crippen LogP contribution in [0.1, 0.15) is 39.5 Å². The molecule has 2 fully saturated rings. The van der Waals surface area contributed by atoms with Gasteiger partial charge in [0, 0.05) is 24.7 Å². The Hall–Kier alpha value is -0.120. The Balaban J connectivity index is 2.02. The van der Waals surface area contributed by atoms with Crippen LogP contribution < -0.4 is 5.32 Å². The van der Waals surface area contributed by atoms with Crippen LogP contribution in [-0.2, 0) is 4.74 Å². The molecule has 3 nitrogen and oxygen atoms in total. The maximum atomic E-state index is 5.48. The first kappa shape index (κ1) is 13.3. The molecule has 100 valence electrons. The number of rotatable bonds is 6. The van der Waals surface area contributed by atoms with Crippen molar-refractivity contribution in [3.8, 4) is 0 Å². The fraction of sp³-hybridized carbons (Fsp3) is 1.00. The normalized spacial score (nSPS) is 27.7. The van der Waals surface area contributed by atoms with E-state index in [1.165, 1.54) is 25.7 Å². The lowest BCUT2D eigenvalue weighted by Gasteiger charge is -2.48. The summed E-state index contributed by atoms with van der Waals surface area (Å²) in [5.41, 5.74) is 0.293. The van der Waals surface area contributed by atoms with Crippen LogP contribution in [0.3, 0.4) is 0 Å².